The Morgan fingerprint density at radius 1 is 1.30 bits per heavy atom. The van der Waals surface area contributed by atoms with E-state index in [0.29, 0.717) is 31.2 Å². The predicted molar refractivity (Wildman–Crippen MR) is 80.1 cm³/mol. The summed E-state index contributed by atoms with van der Waals surface area (Å²) in [5.41, 5.74) is 5.88. The average molecular weight is 279 g/mol. The predicted octanol–water partition coefficient (Wildman–Crippen LogP) is 2.18. The molecular weight excluding hydrogens is 254 g/mol. The quantitative estimate of drug-likeness (QED) is 0.749. The molecule has 0 amide bonds. The molecule has 0 atom stereocenters. The highest BCUT2D eigenvalue weighted by Crippen LogP contribution is 2.19. The zero-order chi connectivity index (χ0) is 14.2. The van der Waals surface area contributed by atoms with Gasteiger partial charge in [-0.15, -0.1) is 0 Å². The van der Waals surface area contributed by atoms with Crippen molar-refractivity contribution >= 4 is 5.82 Å². The number of hydrogen-bond acceptors (Lipinski definition) is 5. The molecule has 20 heavy (non-hydrogen) atoms. The summed E-state index contributed by atoms with van der Waals surface area (Å²) >= 11 is 0. The second kappa shape index (κ2) is 8.07. The van der Waals surface area contributed by atoms with Gasteiger partial charge in [0.15, 0.2) is 0 Å². The lowest BCUT2D eigenvalue weighted by Crippen LogP contribution is -2.31. The molecule has 1 saturated carbocycles. The highest BCUT2D eigenvalue weighted by Gasteiger charge is 2.18. The van der Waals surface area contributed by atoms with Crippen LogP contribution < -0.4 is 15.8 Å². The Kier molecular flexibility index (Phi) is 6.08. The van der Waals surface area contributed by atoms with E-state index in [9.17, 15) is 0 Å². The van der Waals surface area contributed by atoms with Gasteiger partial charge in [-0.2, -0.15) is 4.98 Å². The minimum absolute atomic E-state index is 0.374. The number of pyridine rings is 1. The number of ether oxygens (including phenoxy) is 2. The highest BCUT2D eigenvalue weighted by atomic mass is 16.5. The summed E-state index contributed by atoms with van der Waals surface area (Å²) in [5.74, 6) is 1.48. The van der Waals surface area contributed by atoms with E-state index in [1.54, 1.807) is 0 Å². The summed E-state index contributed by atoms with van der Waals surface area (Å²) in [6.45, 7) is 4.03. The molecule has 2 rings (SSSR count). The number of hydrogen-bond donors (Lipinski definition) is 2. The number of nitrogens with one attached hydrogen (secondary N) is 1. The maximum Gasteiger partial charge on any atom is 0.215 e. The van der Waals surface area contributed by atoms with E-state index in [1.807, 2.05) is 25.1 Å². The van der Waals surface area contributed by atoms with Gasteiger partial charge < -0.3 is 20.5 Å². The second-order valence-corrected chi connectivity index (χ2v) is 5.13. The number of nitrogens with two attached hydrogens (primary N) is 1. The lowest BCUT2D eigenvalue weighted by atomic mass is 9.94. The molecule has 1 aliphatic carbocycles. The van der Waals surface area contributed by atoms with Crippen molar-refractivity contribution in [3.63, 3.8) is 0 Å². The van der Waals surface area contributed by atoms with Crippen LogP contribution in [0.3, 0.4) is 0 Å². The van der Waals surface area contributed by atoms with E-state index in [-0.39, 0.29) is 0 Å². The van der Waals surface area contributed by atoms with Crippen molar-refractivity contribution in [2.24, 2.45) is 5.73 Å². The maximum absolute atomic E-state index is 5.88. The molecule has 0 bridgehead atoms. The molecule has 1 aromatic heterocycles. The zero-order valence-electron chi connectivity index (χ0n) is 12.2. The van der Waals surface area contributed by atoms with E-state index >= 15 is 0 Å². The van der Waals surface area contributed by atoms with E-state index < -0.39 is 0 Å². The van der Waals surface area contributed by atoms with Crippen LogP contribution in [0.4, 0.5) is 5.82 Å². The Bertz CT molecular complexity index is 392. The van der Waals surface area contributed by atoms with Gasteiger partial charge in [0.1, 0.15) is 5.82 Å². The minimum atomic E-state index is 0.374. The van der Waals surface area contributed by atoms with Crippen molar-refractivity contribution < 1.29 is 9.47 Å². The monoisotopic (exact) mass is 279 g/mol. The topological polar surface area (TPSA) is 69.4 Å². The lowest BCUT2D eigenvalue weighted by Gasteiger charge is -2.26. The fourth-order valence-electron chi connectivity index (χ4n) is 2.40. The molecule has 5 heteroatoms. The molecule has 3 N–H and O–H groups in total. The van der Waals surface area contributed by atoms with E-state index in [1.165, 1.54) is 0 Å². The van der Waals surface area contributed by atoms with Gasteiger partial charge in [-0.1, -0.05) is 6.07 Å². The SMILES string of the molecule is CCOc1cccc(NCCOC2CCC(N)CC2)n1. The summed E-state index contributed by atoms with van der Waals surface area (Å²) in [6, 6.07) is 6.10. The first-order chi connectivity index (χ1) is 9.78. The van der Waals surface area contributed by atoms with Gasteiger partial charge >= 0.3 is 0 Å². The van der Waals surface area contributed by atoms with Gasteiger partial charge in [0.2, 0.25) is 5.88 Å². The van der Waals surface area contributed by atoms with Gasteiger partial charge in [-0.05, 0) is 38.7 Å². The van der Waals surface area contributed by atoms with Crippen molar-refractivity contribution in [2.75, 3.05) is 25.1 Å². The molecule has 0 aromatic carbocycles. The van der Waals surface area contributed by atoms with Crippen molar-refractivity contribution in [1.29, 1.82) is 0 Å². The maximum atomic E-state index is 5.88. The third-order valence-corrected chi connectivity index (χ3v) is 3.50. The Hall–Kier alpha value is -1.33. The third-order valence-electron chi connectivity index (χ3n) is 3.50. The first kappa shape index (κ1) is 15.1. The molecule has 1 aromatic rings. The molecule has 1 heterocycles. The average Bonchev–Trinajstić information content (AvgIpc) is 2.46. The fourth-order valence-corrected chi connectivity index (χ4v) is 2.40. The van der Waals surface area contributed by atoms with E-state index in [4.69, 9.17) is 15.2 Å². The van der Waals surface area contributed by atoms with Crippen molar-refractivity contribution in [2.45, 2.75) is 44.8 Å². The largest absolute Gasteiger partial charge is 0.478 e. The first-order valence-electron chi connectivity index (χ1n) is 7.49. The molecule has 0 spiro atoms. The van der Waals surface area contributed by atoms with Crippen LogP contribution in [0.2, 0.25) is 0 Å². The van der Waals surface area contributed by atoms with Gasteiger partial charge in [0, 0.05) is 18.7 Å². The van der Waals surface area contributed by atoms with Crippen molar-refractivity contribution in [3.8, 4) is 5.88 Å². The Labute approximate surface area is 120 Å². The van der Waals surface area contributed by atoms with Crippen molar-refractivity contribution in [1.82, 2.24) is 4.98 Å². The lowest BCUT2D eigenvalue weighted by molar-refractivity contribution is 0.0313. The van der Waals surface area contributed by atoms with Gasteiger partial charge in [0.25, 0.3) is 0 Å². The summed E-state index contributed by atoms with van der Waals surface area (Å²) in [6.07, 6.45) is 4.70. The summed E-state index contributed by atoms with van der Waals surface area (Å²) in [7, 11) is 0. The number of anilines is 1. The van der Waals surface area contributed by atoms with Crippen LogP contribution in [-0.2, 0) is 4.74 Å². The smallest absolute Gasteiger partial charge is 0.215 e. The van der Waals surface area contributed by atoms with Crippen LogP contribution in [0.15, 0.2) is 18.2 Å². The van der Waals surface area contributed by atoms with Crippen LogP contribution in [0.1, 0.15) is 32.6 Å². The standard InChI is InChI=1S/C15H25N3O2/c1-2-19-15-5-3-4-14(18-15)17-10-11-20-13-8-6-12(16)7-9-13/h3-5,12-13H,2,6-11,16H2,1H3,(H,17,18). The molecular formula is C15H25N3O2. The van der Waals surface area contributed by atoms with Gasteiger partial charge in [-0.25, -0.2) is 0 Å². The third kappa shape index (κ3) is 4.98. The van der Waals surface area contributed by atoms with Crippen molar-refractivity contribution in [3.05, 3.63) is 18.2 Å². The number of nitrogens with zero attached hydrogens (tertiary/aromatic N) is 1. The summed E-state index contributed by atoms with van der Waals surface area (Å²) in [5, 5.41) is 3.25. The molecule has 0 aliphatic heterocycles. The van der Waals surface area contributed by atoms with E-state index in [2.05, 4.69) is 10.3 Å². The van der Waals surface area contributed by atoms with Gasteiger partial charge in [0.05, 0.1) is 19.3 Å². The van der Waals surface area contributed by atoms with Crippen LogP contribution in [0.5, 0.6) is 5.88 Å². The van der Waals surface area contributed by atoms with Crippen LogP contribution in [0, 0.1) is 0 Å². The van der Waals surface area contributed by atoms with E-state index in [0.717, 1.165) is 38.0 Å². The molecule has 0 radical (unpaired) electrons. The Balaban J connectivity index is 1.64. The molecule has 0 saturated heterocycles. The van der Waals surface area contributed by atoms with Crippen LogP contribution >= 0.6 is 0 Å². The Morgan fingerprint density at radius 3 is 2.85 bits per heavy atom. The molecule has 1 fully saturated rings. The molecule has 5 nitrogen and oxygen atoms in total. The zero-order valence-corrected chi connectivity index (χ0v) is 12.2. The first-order valence-corrected chi connectivity index (χ1v) is 7.49. The minimum Gasteiger partial charge on any atom is -0.478 e. The van der Waals surface area contributed by atoms with Gasteiger partial charge in [-0.3, -0.25) is 0 Å². The summed E-state index contributed by atoms with van der Waals surface area (Å²) < 4.78 is 11.2. The number of rotatable bonds is 7. The molecule has 0 unspecified atom stereocenters. The second-order valence-electron chi connectivity index (χ2n) is 5.13. The van der Waals surface area contributed by atoms with Crippen LogP contribution in [0.25, 0.3) is 0 Å². The highest BCUT2D eigenvalue weighted by molar-refractivity contribution is 5.36. The number of aromatic nitrogens is 1. The summed E-state index contributed by atoms with van der Waals surface area (Å²) in [4.78, 5) is 4.35. The normalized spacial score (nSPS) is 22.5. The Morgan fingerprint density at radius 2 is 2.10 bits per heavy atom. The fraction of sp³-hybridized carbons (Fsp3) is 0.667. The van der Waals surface area contributed by atoms with Crippen LogP contribution in [-0.4, -0.2) is 36.9 Å². The molecule has 112 valence electrons. The molecule has 1 aliphatic rings.